The minimum absolute atomic E-state index is 0.0921. The maximum atomic E-state index is 13.6. The zero-order valence-electron chi connectivity index (χ0n) is 19.0. The average molecular weight is 493 g/mol. The van der Waals surface area contributed by atoms with Gasteiger partial charge < -0.3 is 31.2 Å². The standard InChI is InChI=1S/C23H29ClN4O6/c1-11(2)19(27-21(32)13-4-6-17(25)16(24)8-13)23(34)28-15-5-3-12(7-15)20(28)22(33)26-14(10-29)9-18(30)31/h4,6,8,10-12,14-15,19-20H,3,5,7,9,25H2,1-2H3,(H,26,33)(H,27,32)(H,30,31)/t12-,14-,15?,19-,20?/m0/s1. The predicted molar refractivity (Wildman–Crippen MR) is 124 cm³/mol. The van der Waals surface area contributed by atoms with Gasteiger partial charge >= 0.3 is 5.97 Å². The number of piperidine rings is 1. The molecular formula is C23H29ClN4O6. The van der Waals surface area contributed by atoms with Gasteiger partial charge in [-0.25, -0.2) is 0 Å². The van der Waals surface area contributed by atoms with Crippen LogP contribution in [0, 0.1) is 11.8 Å². The molecule has 184 valence electrons. The first-order chi connectivity index (χ1) is 16.0. The SMILES string of the molecule is CC(C)[C@H](NC(=O)c1ccc(N)c(Cl)c1)C(=O)N1C2CC[C@@H](C2)C1C(=O)N[C@H](C=O)CC(=O)O. The first kappa shape index (κ1) is 25.5. The van der Waals surface area contributed by atoms with E-state index in [9.17, 15) is 24.0 Å². The fraction of sp³-hybridized carbons (Fsp3) is 0.522. The lowest BCUT2D eigenvalue weighted by atomic mass is 9.95. The largest absolute Gasteiger partial charge is 0.481 e. The van der Waals surface area contributed by atoms with Crippen molar-refractivity contribution >= 4 is 47.3 Å². The zero-order valence-corrected chi connectivity index (χ0v) is 19.7. The van der Waals surface area contributed by atoms with Gasteiger partial charge in [0.05, 0.1) is 23.2 Å². The molecule has 10 nitrogen and oxygen atoms in total. The van der Waals surface area contributed by atoms with E-state index in [1.807, 2.05) is 0 Å². The van der Waals surface area contributed by atoms with E-state index in [-0.39, 0.29) is 28.5 Å². The number of nitrogens with two attached hydrogens (primary N) is 1. The van der Waals surface area contributed by atoms with Gasteiger partial charge in [0.2, 0.25) is 11.8 Å². The number of amides is 3. The zero-order chi connectivity index (χ0) is 25.2. The summed E-state index contributed by atoms with van der Waals surface area (Å²) in [5.74, 6) is -3.04. The molecule has 11 heteroatoms. The molecule has 1 saturated carbocycles. The Morgan fingerprint density at radius 2 is 1.94 bits per heavy atom. The monoisotopic (exact) mass is 492 g/mol. The first-order valence-corrected chi connectivity index (χ1v) is 11.6. The second-order valence-corrected chi connectivity index (χ2v) is 9.60. The lowest BCUT2D eigenvalue weighted by Gasteiger charge is -2.38. The van der Waals surface area contributed by atoms with E-state index < -0.39 is 48.2 Å². The van der Waals surface area contributed by atoms with Crippen molar-refractivity contribution in [2.24, 2.45) is 11.8 Å². The number of carbonyl (C=O) groups is 5. The van der Waals surface area contributed by atoms with Gasteiger partial charge in [-0.2, -0.15) is 0 Å². The number of anilines is 1. The molecular weight excluding hydrogens is 464 g/mol. The van der Waals surface area contributed by atoms with E-state index in [1.54, 1.807) is 13.8 Å². The Balaban J connectivity index is 1.80. The number of carboxylic acid groups (broad SMARTS) is 1. The Kier molecular flexibility index (Phi) is 7.81. The Labute approximate surface area is 202 Å². The first-order valence-electron chi connectivity index (χ1n) is 11.2. The summed E-state index contributed by atoms with van der Waals surface area (Å²) in [6, 6.07) is 1.36. The molecule has 2 unspecified atom stereocenters. The van der Waals surface area contributed by atoms with E-state index >= 15 is 0 Å². The van der Waals surface area contributed by atoms with E-state index in [1.165, 1.54) is 23.1 Å². The third-order valence-corrected chi connectivity index (χ3v) is 6.80. The fourth-order valence-corrected chi connectivity index (χ4v) is 4.98. The smallest absolute Gasteiger partial charge is 0.305 e. The van der Waals surface area contributed by atoms with Gasteiger partial charge in [-0.15, -0.1) is 0 Å². The number of hydrogen-bond acceptors (Lipinski definition) is 6. The number of benzene rings is 1. The molecule has 2 bridgehead atoms. The number of carbonyl (C=O) groups excluding carboxylic acids is 4. The lowest BCUT2D eigenvalue weighted by molar-refractivity contribution is -0.146. The number of aliphatic carboxylic acids is 1. The summed E-state index contributed by atoms with van der Waals surface area (Å²) in [5, 5.41) is 14.4. The highest BCUT2D eigenvalue weighted by Gasteiger charge is 2.52. The Morgan fingerprint density at radius 3 is 2.53 bits per heavy atom. The average Bonchev–Trinajstić information content (AvgIpc) is 3.39. The summed E-state index contributed by atoms with van der Waals surface area (Å²) < 4.78 is 0. The van der Waals surface area contributed by atoms with Crippen molar-refractivity contribution in [2.45, 2.75) is 63.7 Å². The highest BCUT2D eigenvalue weighted by molar-refractivity contribution is 6.33. The van der Waals surface area contributed by atoms with Crippen LogP contribution in [-0.2, 0) is 19.2 Å². The van der Waals surface area contributed by atoms with E-state index in [0.717, 1.165) is 12.8 Å². The molecule has 0 aromatic heterocycles. The highest BCUT2D eigenvalue weighted by atomic mass is 35.5. The van der Waals surface area contributed by atoms with Crippen LogP contribution in [-0.4, -0.2) is 64.2 Å². The summed E-state index contributed by atoms with van der Waals surface area (Å²) in [6.07, 6.45) is 1.96. The molecule has 1 aliphatic carbocycles. The van der Waals surface area contributed by atoms with Crippen LogP contribution in [0.4, 0.5) is 5.69 Å². The summed E-state index contributed by atoms with van der Waals surface area (Å²) in [6.45, 7) is 3.58. The van der Waals surface area contributed by atoms with Crippen LogP contribution >= 0.6 is 11.6 Å². The number of halogens is 1. The normalized spacial score (nSPS) is 22.8. The van der Waals surface area contributed by atoms with Crippen LogP contribution in [0.2, 0.25) is 5.02 Å². The third-order valence-electron chi connectivity index (χ3n) is 6.48. The number of nitrogen functional groups attached to an aromatic ring is 1. The Bertz CT molecular complexity index is 1000. The summed E-state index contributed by atoms with van der Waals surface area (Å²) >= 11 is 6.02. The molecule has 1 aromatic rings. The number of nitrogens with one attached hydrogen (secondary N) is 2. The minimum atomic E-state index is -1.22. The number of aldehydes is 1. The van der Waals surface area contributed by atoms with Crippen molar-refractivity contribution in [1.29, 1.82) is 0 Å². The summed E-state index contributed by atoms with van der Waals surface area (Å²) in [7, 11) is 0. The highest BCUT2D eigenvalue weighted by Crippen LogP contribution is 2.43. The van der Waals surface area contributed by atoms with Crippen molar-refractivity contribution in [3.8, 4) is 0 Å². The topological polar surface area (TPSA) is 159 Å². The van der Waals surface area contributed by atoms with Gasteiger partial charge in [0.15, 0.2) is 0 Å². The quantitative estimate of drug-likeness (QED) is 0.298. The van der Waals surface area contributed by atoms with Gasteiger partial charge in [0.1, 0.15) is 18.4 Å². The maximum Gasteiger partial charge on any atom is 0.305 e. The molecule has 3 rings (SSSR count). The third kappa shape index (κ3) is 5.32. The lowest BCUT2D eigenvalue weighted by Crippen LogP contribution is -2.60. The molecule has 0 spiro atoms. The van der Waals surface area contributed by atoms with Crippen LogP contribution in [0.5, 0.6) is 0 Å². The van der Waals surface area contributed by atoms with Crippen molar-refractivity contribution in [1.82, 2.24) is 15.5 Å². The van der Waals surface area contributed by atoms with Gasteiger partial charge in [-0.1, -0.05) is 25.4 Å². The molecule has 2 fully saturated rings. The van der Waals surface area contributed by atoms with Crippen LogP contribution in [0.15, 0.2) is 18.2 Å². The predicted octanol–water partition coefficient (Wildman–Crippen LogP) is 1.21. The Morgan fingerprint density at radius 1 is 1.24 bits per heavy atom. The molecule has 5 atom stereocenters. The number of hydrogen-bond donors (Lipinski definition) is 4. The molecule has 1 aliphatic heterocycles. The number of likely N-dealkylation sites (tertiary alicyclic amines) is 1. The van der Waals surface area contributed by atoms with Gasteiger partial charge in [0.25, 0.3) is 5.91 Å². The molecule has 1 aromatic carbocycles. The van der Waals surface area contributed by atoms with Crippen LogP contribution in [0.1, 0.15) is 49.9 Å². The maximum absolute atomic E-state index is 13.6. The minimum Gasteiger partial charge on any atom is -0.481 e. The van der Waals surface area contributed by atoms with E-state index in [0.29, 0.717) is 18.4 Å². The van der Waals surface area contributed by atoms with Crippen molar-refractivity contribution in [3.63, 3.8) is 0 Å². The second kappa shape index (κ2) is 10.4. The molecule has 1 heterocycles. The fourth-order valence-electron chi connectivity index (χ4n) is 4.80. The summed E-state index contributed by atoms with van der Waals surface area (Å²) in [4.78, 5) is 63.2. The van der Waals surface area contributed by atoms with E-state index in [2.05, 4.69) is 10.6 Å². The van der Waals surface area contributed by atoms with Crippen molar-refractivity contribution in [3.05, 3.63) is 28.8 Å². The number of carboxylic acids is 1. The van der Waals surface area contributed by atoms with Gasteiger partial charge in [0, 0.05) is 11.6 Å². The van der Waals surface area contributed by atoms with E-state index in [4.69, 9.17) is 22.4 Å². The van der Waals surface area contributed by atoms with Crippen molar-refractivity contribution in [2.75, 3.05) is 5.73 Å². The number of nitrogens with zero attached hydrogens (tertiary/aromatic N) is 1. The van der Waals surface area contributed by atoms with Crippen LogP contribution in [0.25, 0.3) is 0 Å². The number of rotatable bonds is 9. The molecule has 2 aliphatic rings. The van der Waals surface area contributed by atoms with Gasteiger partial charge in [-0.05, 0) is 49.3 Å². The molecule has 1 saturated heterocycles. The second-order valence-electron chi connectivity index (χ2n) is 9.20. The van der Waals surface area contributed by atoms with Crippen LogP contribution < -0.4 is 16.4 Å². The Hall–Kier alpha value is -3.14. The van der Waals surface area contributed by atoms with Gasteiger partial charge in [-0.3, -0.25) is 19.2 Å². The molecule has 3 amide bonds. The molecule has 34 heavy (non-hydrogen) atoms. The van der Waals surface area contributed by atoms with Crippen molar-refractivity contribution < 1.29 is 29.1 Å². The summed E-state index contributed by atoms with van der Waals surface area (Å²) in [5.41, 5.74) is 6.28. The molecule has 0 radical (unpaired) electrons. The molecule has 5 N–H and O–H groups in total. The number of fused-ring (bicyclic) bond motifs is 2. The van der Waals surface area contributed by atoms with Crippen LogP contribution in [0.3, 0.4) is 0 Å².